The van der Waals surface area contributed by atoms with Crippen molar-refractivity contribution in [2.45, 2.75) is 26.2 Å². The van der Waals surface area contributed by atoms with E-state index in [9.17, 15) is 9.59 Å². The maximum absolute atomic E-state index is 12.4. The van der Waals surface area contributed by atoms with Crippen LogP contribution in [0.3, 0.4) is 0 Å². The van der Waals surface area contributed by atoms with Crippen LogP contribution in [-0.2, 0) is 9.59 Å². The fourth-order valence-electron chi connectivity index (χ4n) is 2.97. The Labute approximate surface area is 166 Å². The molecule has 0 aliphatic heterocycles. The molecule has 150 valence electrons. The first-order valence-corrected chi connectivity index (χ1v) is 9.56. The third kappa shape index (κ3) is 6.39. The van der Waals surface area contributed by atoms with Crippen molar-refractivity contribution in [3.05, 3.63) is 54.1 Å². The molecule has 0 aliphatic rings. The van der Waals surface area contributed by atoms with Gasteiger partial charge in [-0.05, 0) is 36.1 Å². The van der Waals surface area contributed by atoms with Gasteiger partial charge in [0.1, 0.15) is 5.75 Å². The fraction of sp³-hybridized carbons (Fsp3) is 0.364. The number of likely N-dealkylation sites (N-methyl/N-ethyl adjacent to an activating group) is 1. The van der Waals surface area contributed by atoms with E-state index in [1.54, 1.807) is 19.2 Å². The minimum Gasteiger partial charge on any atom is -0.497 e. The zero-order valence-electron chi connectivity index (χ0n) is 17.0. The molecular weight excluding hydrogens is 354 g/mol. The van der Waals surface area contributed by atoms with Crippen molar-refractivity contribution in [1.82, 2.24) is 0 Å². The number of amides is 2. The minimum atomic E-state index is -0.154. The molecule has 0 heterocycles. The van der Waals surface area contributed by atoms with Crippen LogP contribution in [0.2, 0.25) is 0 Å². The van der Waals surface area contributed by atoms with Crippen LogP contribution in [0.5, 0.6) is 5.75 Å². The lowest BCUT2D eigenvalue weighted by atomic mass is 9.97. The molecule has 1 unspecified atom stereocenters. The number of benzene rings is 2. The number of quaternary nitrogens is 1. The molecule has 0 radical (unpaired) electrons. The Morgan fingerprint density at radius 1 is 1.04 bits per heavy atom. The second-order valence-electron chi connectivity index (χ2n) is 7.04. The van der Waals surface area contributed by atoms with Gasteiger partial charge < -0.3 is 20.3 Å². The van der Waals surface area contributed by atoms with Crippen molar-refractivity contribution >= 4 is 23.2 Å². The lowest BCUT2D eigenvalue weighted by Gasteiger charge is -2.17. The predicted octanol–water partition coefficient (Wildman–Crippen LogP) is 2.30. The number of hydrogen-bond acceptors (Lipinski definition) is 3. The van der Waals surface area contributed by atoms with Gasteiger partial charge in [-0.3, -0.25) is 9.59 Å². The van der Waals surface area contributed by atoms with Gasteiger partial charge in [-0.1, -0.05) is 38.1 Å². The lowest BCUT2D eigenvalue weighted by molar-refractivity contribution is -0.862. The zero-order valence-corrected chi connectivity index (χ0v) is 17.0. The third-order valence-corrected chi connectivity index (χ3v) is 4.66. The largest absolute Gasteiger partial charge is 0.497 e. The van der Waals surface area contributed by atoms with Gasteiger partial charge in [-0.25, -0.2) is 0 Å². The SMILES string of the molecule is CC[C@H](C)c1ccccc1NC(=O)C[NH+](C)CC(=O)Nc1cccc(OC)c1. The Balaban J connectivity index is 1.88. The van der Waals surface area contributed by atoms with Crippen molar-refractivity contribution in [2.24, 2.45) is 0 Å². The Bertz CT molecular complexity index is 807. The molecule has 28 heavy (non-hydrogen) atoms. The summed E-state index contributed by atoms with van der Waals surface area (Å²) in [6.45, 7) is 4.67. The quantitative estimate of drug-likeness (QED) is 0.621. The van der Waals surface area contributed by atoms with Gasteiger partial charge >= 0.3 is 0 Å². The first-order valence-electron chi connectivity index (χ1n) is 9.56. The number of anilines is 2. The highest BCUT2D eigenvalue weighted by Gasteiger charge is 2.16. The summed E-state index contributed by atoms with van der Waals surface area (Å²) in [6.07, 6.45) is 1.00. The topological polar surface area (TPSA) is 71.9 Å². The molecule has 0 bridgehead atoms. The number of methoxy groups -OCH3 is 1. The second kappa shape index (κ2) is 10.5. The first-order chi connectivity index (χ1) is 13.4. The van der Waals surface area contributed by atoms with Crippen molar-refractivity contribution in [3.63, 3.8) is 0 Å². The fourth-order valence-corrected chi connectivity index (χ4v) is 2.97. The van der Waals surface area contributed by atoms with Gasteiger partial charge in [0.15, 0.2) is 13.1 Å². The van der Waals surface area contributed by atoms with Gasteiger partial charge in [0.25, 0.3) is 11.8 Å². The van der Waals surface area contributed by atoms with Gasteiger partial charge in [0.2, 0.25) is 0 Å². The maximum Gasteiger partial charge on any atom is 0.279 e. The third-order valence-electron chi connectivity index (χ3n) is 4.66. The van der Waals surface area contributed by atoms with E-state index in [1.165, 1.54) is 0 Å². The van der Waals surface area contributed by atoms with E-state index in [4.69, 9.17) is 4.74 Å². The smallest absolute Gasteiger partial charge is 0.279 e. The van der Waals surface area contributed by atoms with E-state index in [-0.39, 0.29) is 24.9 Å². The van der Waals surface area contributed by atoms with E-state index < -0.39 is 0 Å². The van der Waals surface area contributed by atoms with Crippen LogP contribution in [0.4, 0.5) is 11.4 Å². The van der Waals surface area contributed by atoms with E-state index in [0.29, 0.717) is 17.4 Å². The highest BCUT2D eigenvalue weighted by Crippen LogP contribution is 2.26. The number of ether oxygens (including phenoxy) is 1. The second-order valence-corrected chi connectivity index (χ2v) is 7.04. The molecule has 2 aromatic carbocycles. The van der Waals surface area contributed by atoms with E-state index in [0.717, 1.165) is 22.6 Å². The molecule has 6 nitrogen and oxygen atoms in total. The summed E-state index contributed by atoms with van der Waals surface area (Å²) in [6, 6.07) is 15.0. The molecule has 6 heteroatoms. The van der Waals surface area contributed by atoms with Gasteiger partial charge in [-0.15, -0.1) is 0 Å². The van der Waals surface area contributed by atoms with E-state index in [1.807, 2.05) is 43.4 Å². The molecule has 2 atom stereocenters. The summed E-state index contributed by atoms with van der Waals surface area (Å²) in [5.74, 6) is 0.786. The Morgan fingerprint density at radius 2 is 1.71 bits per heavy atom. The van der Waals surface area contributed by atoms with Crippen LogP contribution in [0.15, 0.2) is 48.5 Å². The molecule has 0 spiro atoms. The minimum absolute atomic E-state index is 0.109. The number of para-hydroxylation sites is 1. The summed E-state index contributed by atoms with van der Waals surface area (Å²) in [4.78, 5) is 25.5. The number of nitrogens with one attached hydrogen (secondary N) is 3. The van der Waals surface area contributed by atoms with Crippen molar-refractivity contribution < 1.29 is 19.2 Å². The normalized spacial score (nSPS) is 12.7. The number of rotatable bonds is 9. The Kier molecular flexibility index (Phi) is 8.02. The van der Waals surface area contributed by atoms with Crippen LogP contribution in [0, 0.1) is 0 Å². The average molecular weight is 385 g/mol. The predicted molar refractivity (Wildman–Crippen MR) is 112 cm³/mol. The standard InChI is InChI=1S/C22H29N3O3/c1-5-16(2)19-11-6-7-12-20(19)24-22(27)15-25(3)14-21(26)23-17-9-8-10-18(13-17)28-4/h6-13,16H,5,14-15H2,1-4H3,(H,23,26)(H,24,27)/p+1/t16-/m0/s1. The summed E-state index contributed by atoms with van der Waals surface area (Å²) in [7, 11) is 3.40. The average Bonchev–Trinajstić information content (AvgIpc) is 2.67. The molecule has 2 aromatic rings. The lowest BCUT2D eigenvalue weighted by Crippen LogP contribution is -3.11. The van der Waals surface area contributed by atoms with Crippen LogP contribution in [0.25, 0.3) is 0 Å². The van der Waals surface area contributed by atoms with Crippen LogP contribution < -0.4 is 20.3 Å². The zero-order chi connectivity index (χ0) is 20.5. The number of hydrogen-bond donors (Lipinski definition) is 3. The Morgan fingerprint density at radius 3 is 2.39 bits per heavy atom. The van der Waals surface area contributed by atoms with Crippen LogP contribution in [0.1, 0.15) is 31.7 Å². The van der Waals surface area contributed by atoms with Gasteiger partial charge in [0.05, 0.1) is 14.2 Å². The summed E-state index contributed by atoms with van der Waals surface area (Å²) < 4.78 is 5.15. The highest BCUT2D eigenvalue weighted by atomic mass is 16.5. The van der Waals surface area contributed by atoms with Crippen LogP contribution >= 0.6 is 0 Å². The molecule has 0 saturated heterocycles. The van der Waals surface area contributed by atoms with E-state index >= 15 is 0 Å². The molecule has 2 amide bonds. The molecule has 3 N–H and O–H groups in total. The van der Waals surface area contributed by atoms with Crippen molar-refractivity contribution in [2.75, 3.05) is 37.9 Å². The molecule has 2 rings (SSSR count). The molecule has 0 aliphatic carbocycles. The Hall–Kier alpha value is -2.86. The monoisotopic (exact) mass is 384 g/mol. The maximum atomic E-state index is 12.4. The number of carbonyl (C=O) groups is 2. The number of carbonyl (C=O) groups excluding carboxylic acids is 2. The molecular formula is C22H30N3O3+. The van der Waals surface area contributed by atoms with Gasteiger partial charge in [0, 0.05) is 17.4 Å². The van der Waals surface area contributed by atoms with Crippen LogP contribution in [-0.4, -0.2) is 39.1 Å². The summed E-state index contributed by atoms with van der Waals surface area (Å²) >= 11 is 0. The van der Waals surface area contributed by atoms with Gasteiger partial charge in [-0.2, -0.15) is 0 Å². The molecule has 0 saturated carbocycles. The highest BCUT2D eigenvalue weighted by molar-refractivity contribution is 5.93. The van der Waals surface area contributed by atoms with Crippen molar-refractivity contribution in [3.8, 4) is 5.75 Å². The molecule has 0 aromatic heterocycles. The van der Waals surface area contributed by atoms with Crippen molar-refractivity contribution in [1.29, 1.82) is 0 Å². The summed E-state index contributed by atoms with van der Waals surface area (Å²) in [5.41, 5.74) is 2.64. The summed E-state index contributed by atoms with van der Waals surface area (Å²) in [5, 5.41) is 5.82. The van der Waals surface area contributed by atoms with E-state index in [2.05, 4.69) is 24.5 Å². The first kappa shape index (κ1) is 21.4. The molecule has 0 fully saturated rings.